The van der Waals surface area contributed by atoms with Crippen LogP contribution in [-0.2, 0) is 0 Å². The van der Waals surface area contributed by atoms with Gasteiger partial charge in [0.2, 0.25) is 0 Å². The van der Waals surface area contributed by atoms with Gasteiger partial charge in [0.25, 0.3) is 0 Å². The highest BCUT2D eigenvalue weighted by molar-refractivity contribution is 5.71. The van der Waals surface area contributed by atoms with E-state index in [4.69, 9.17) is 9.47 Å². The molecule has 0 aliphatic heterocycles. The molecule has 0 fully saturated rings. The Morgan fingerprint density at radius 1 is 0.850 bits per heavy atom. The predicted molar refractivity (Wildman–Crippen MR) is 79.6 cm³/mol. The van der Waals surface area contributed by atoms with Crippen molar-refractivity contribution < 1.29 is 13.9 Å². The van der Waals surface area contributed by atoms with Gasteiger partial charge >= 0.3 is 0 Å². The lowest BCUT2D eigenvalue weighted by Crippen LogP contribution is -1.93. The van der Waals surface area contributed by atoms with Crippen LogP contribution in [0.1, 0.15) is 16.7 Å². The number of hydrogen-bond acceptors (Lipinski definition) is 2. The van der Waals surface area contributed by atoms with Gasteiger partial charge in [-0.2, -0.15) is 0 Å². The summed E-state index contributed by atoms with van der Waals surface area (Å²) in [6.45, 7) is 1.95. The molecule has 0 aromatic heterocycles. The number of hydrogen-bond donors (Lipinski definition) is 0. The van der Waals surface area contributed by atoms with Gasteiger partial charge in [-0.1, -0.05) is 24.3 Å². The van der Waals surface area contributed by atoms with Crippen molar-refractivity contribution in [1.29, 1.82) is 0 Å². The van der Waals surface area contributed by atoms with Gasteiger partial charge in [0.15, 0.2) is 0 Å². The molecule has 2 nitrogen and oxygen atoms in total. The van der Waals surface area contributed by atoms with Crippen molar-refractivity contribution in [2.24, 2.45) is 0 Å². The summed E-state index contributed by atoms with van der Waals surface area (Å²) in [5.41, 5.74) is 2.87. The second-order valence-electron chi connectivity index (χ2n) is 4.44. The maximum atomic E-state index is 12.8. The Labute approximate surface area is 118 Å². The molecule has 2 rings (SSSR count). The molecule has 0 unspecified atom stereocenters. The molecule has 0 saturated heterocycles. The third-order valence-corrected chi connectivity index (χ3v) is 3.11. The zero-order chi connectivity index (χ0) is 14.5. The molecule has 0 saturated carbocycles. The Hall–Kier alpha value is -2.29. The molecule has 0 amide bonds. The number of rotatable bonds is 4. The molecule has 0 N–H and O–H groups in total. The minimum absolute atomic E-state index is 0.235. The van der Waals surface area contributed by atoms with Gasteiger partial charge in [0, 0.05) is 5.56 Å². The summed E-state index contributed by atoms with van der Waals surface area (Å²) in [6, 6.07) is 10.2. The molecule has 0 aliphatic rings. The Morgan fingerprint density at radius 3 is 1.85 bits per heavy atom. The molecule has 0 atom stereocenters. The maximum Gasteiger partial charge on any atom is 0.126 e. The lowest BCUT2D eigenvalue weighted by atomic mass is 10.1. The minimum Gasteiger partial charge on any atom is -0.496 e. The third-order valence-electron chi connectivity index (χ3n) is 3.11. The van der Waals surface area contributed by atoms with Crippen LogP contribution < -0.4 is 9.47 Å². The van der Waals surface area contributed by atoms with Crippen LogP contribution in [0, 0.1) is 12.7 Å². The van der Waals surface area contributed by atoms with Crippen molar-refractivity contribution in [2.75, 3.05) is 14.2 Å². The second kappa shape index (κ2) is 6.24. The van der Waals surface area contributed by atoms with E-state index in [0.717, 1.165) is 28.2 Å². The van der Waals surface area contributed by atoms with E-state index in [2.05, 4.69) is 0 Å². The van der Waals surface area contributed by atoms with Crippen molar-refractivity contribution in [3.63, 3.8) is 0 Å². The second-order valence-corrected chi connectivity index (χ2v) is 4.44. The van der Waals surface area contributed by atoms with E-state index in [-0.39, 0.29) is 5.82 Å². The van der Waals surface area contributed by atoms with Gasteiger partial charge in [-0.25, -0.2) is 4.39 Å². The highest BCUT2D eigenvalue weighted by atomic mass is 19.1. The van der Waals surface area contributed by atoms with Crippen LogP contribution in [0.3, 0.4) is 0 Å². The van der Waals surface area contributed by atoms with E-state index >= 15 is 0 Å². The van der Waals surface area contributed by atoms with E-state index in [9.17, 15) is 4.39 Å². The van der Waals surface area contributed by atoms with Crippen LogP contribution in [-0.4, -0.2) is 14.2 Å². The molecule has 0 aliphatic carbocycles. The average Bonchev–Trinajstić information content (AvgIpc) is 2.47. The van der Waals surface area contributed by atoms with Crippen molar-refractivity contribution in [3.8, 4) is 11.5 Å². The zero-order valence-electron chi connectivity index (χ0n) is 11.8. The van der Waals surface area contributed by atoms with Crippen LogP contribution in [0.2, 0.25) is 0 Å². The standard InChI is InChI=1S/C17H17FO2/c1-12-16(19-2)10-14(11-17(12)20-3)5-4-13-6-8-15(18)9-7-13/h4-11H,1-3H3/b5-4+. The van der Waals surface area contributed by atoms with Crippen LogP contribution in [0.25, 0.3) is 12.2 Å². The number of methoxy groups -OCH3 is 2. The van der Waals surface area contributed by atoms with E-state index < -0.39 is 0 Å². The van der Waals surface area contributed by atoms with Gasteiger partial charge < -0.3 is 9.47 Å². The smallest absolute Gasteiger partial charge is 0.126 e. The monoisotopic (exact) mass is 272 g/mol. The summed E-state index contributed by atoms with van der Waals surface area (Å²) in [5, 5.41) is 0. The van der Waals surface area contributed by atoms with Crippen LogP contribution in [0.15, 0.2) is 36.4 Å². The summed E-state index contributed by atoms with van der Waals surface area (Å²) in [4.78, 5) is 0. The van der Waals surface area contributed by atoms with Gasteiger partial charge in [0.1, 0.15) is 17.3 Å². The summed E-state index contributed by atoms with van der Waals surface area (Å²) in [5.74, 6) is 1.33. The first-order valence-corrected chi connectivity index (χ1v) is 6.30. The van der Waals surface area contributed by atoms with Gasteiger partial charge in [-0.15, -0.1) is 0 Å². The van der Waals surface area contributed by atoms with Gasteiger partial charge in [-0.05, 0) is 42.3 Å². The van der Waals surface area contributed by atoms with Crippen LogP contribution >= 0.6 is 0 Å². The molecule has 0 bridgehead atoms. The fourth-order valence-corrected chi connectivity index (χ4v) is 1.97. The normalized spacial score (nSPS) is 10.8. The lowest BCUT2D eigenvalue weighted by molar-refractivity contribution is 0.388. The molecule has 2 aromatic carbocycles. The van der Waals surface area contributed by atoms with E-state index in [1.54, 1.807) is 26.4 Å². The maximum absolute atomic E-state index is 12.8. The summed E-state index contributed by atoms with van der Waals surface area (Å²) < 4.78 is 23.5. The van der Waals surface area contributed by atoms with Crippen LogP contribution in [0.5, 0.6) is 11.5 Å². The molecule has 3 heteroatoms. The third kappa shape index (κ3) is 3.18. The van der Waals surface area contributed by atoms with Crippen molar-refractivity contribution >= 4 is 12.2 Å². The Kier molecular flexibility index (Phi) is 4.41. The minimum atomic E-state index is -0.235. The number of halogens is 1. The average molecular weight is 272 g/mol. The predicted octanol–water partition coefficient (Wildman–Crippen LogP) is 4.32. The highest BCUT2D eigenvalue weighted by Gasteiger charge is 2.06. The first kappa shape index (κ1) is 14.1. The fraction of sp³-hybridized carbons (Fsp3) is 0.176. The van der Waals surface area contributed by atoms with Gasteiger partial charge in [0.05, 0.1) is 14.2 Å². The molecule has 0 spiro atoms. The molecular weight excluding hydrogens is 255 g/mol. The molecule has 0 radical (unpaired) electrons. The van der Waals surface area contributed by atoms with Crippen molar-refractivity contribution in [3.05, 3.63) is 58.9 Å². The Morgan fingerprint density at radius 2 is 1.35 bits per heavy atom. The van der Waals surface area contributed by atoms with E-state index in [0.29, 0.717) is 0 Å². The molecule has 104 valence electrons. The molecule has 0 heterocycles. The summed E-state index contributed by atoms with van der Waals surface area (Å²) >= 11 is 0. The fourth-order valence-electron chi connectivity index (χ4n) is 1.97. The lowest BCUT2D eigenvalue weighted by Gasteiger charge is -2.10. The van der Waals surface area contributed by atoms with Crippen molar-refractivity contribution in [2.45, 2.75) is 6.92 Å². The van der Waals surface area contributed by atoms with E-state index in [1.807, 2.05) is 31.2 Å². The van der Waals surface area contributed by atoms with Crippen LogP contribution in [0.4, 0.5) is 4.39 Å². The first-order chi connectivity index (χ1) is 9.63. The SMILES string of the molecule is COc1cc(/C=C/c2ccc(F)cc2)cc(OC)c1C. The topological polar surface area (TPSA) is 18.5 Å². The first-order valence-electron chi connectivity index (χ1n) is 6.30. The number of ether oxygens (including phenoxy) is 2. The molecule has 20 heavy (non-hydrogen) atoms. The molecule has 2 aromatic rings. The summed E-state index contributed by atoms with van der Waals surface area (Å²) in [7, 11) is 3.27. The Bertz CT molecular complexity index is 590. The highest BCUT2D eigenvalue weighted by Crippen LogP contribution is 2.30. The largest absolute Gasteiger partial charge is 0.496 e. The summed E-state index contributed by atoms with van der Waals surface area (Å²) in [6.07, 6.45) is 3.86. The number of benzene rings is 2. The van der Waals surface area contributed by atoms with Crippen molar-refractivity contribution in [1.82, 2.24) is 0 Å². The van der Waals surface area contributed by atoms with E-state index in [1.165, 1.54) is 12.1 Å². The molecular formula is C17H17FO2. The quantitative estimate of drug-likeness (QED) is 0.772. The van der Waals surface area contributed by atoms with Gasteiger partial charge in [-0.3, -0.25) is 0 Å². The zero-order valence-corrected chi connectivity index (χ0v) is 11.8. The Balaban J connectivity index is 2.31.